The summed E-state index contributed by atoms with van der Waals surface area (Å²) in [6.07, 6.45) is 0. The van der Waals surface area contributed by atoms with E-state index in [-0.39, 0.29) is 16.2 Å². The molecule has 67 heavy (non-hydrogen) atoms. The highest BCUT2D eigenvalue weighted by Gasteiger charge is 2.52. The molecule has 1 spiro atoms. The third-order valence-corrected chi connectivity index (χ3v) is 15.4. The molecule has 0 amide bonds. The lowest BCUT2D eigenvalue weighted by molar-refractivity contribution is 0.586. The number of nitrogens with zero attached hydrogens (tertiary/aromatic N) is 1. The molecule has 1 heteroatoms. The Bertz CT molecular complexity index is 3380. The van der Waals surface area contributed by atoms with Gasteiger partial charge in [0, 0.05) is 22.4 Å². The second-order valence-corrected chi connectivity index (χ2v) is 21.7. The molecule has 0 aromatic heterocycles. The van der Waals surface area contributed by atoms with Crippen LogP contribution >= 0.6 is 0 Å². The first-order valence-corrected chi connectivity index (χ1v) is 24.1. The molecule has 0 saturated carbocycles. The van der Waals surface area contributed by atoms with Crippen molar-refractivity contribution in [3.05, 3.63) is 245 Å². The maximum Gasteiger partial charge on any atom is 0.0725 e. The molecule has 0 fully saturated rings. The lowest BCUT2D eigenvalue weighted by Crippen LogP contribution is -2.27. The fourth-order valence-corrected chi connectivity index (χ4v) is 11.9. The van der Waals surface area contributed by atoms with Gasteiger partial charge in [0.2, 0.25) is 0 Å². The average molecular weight is 864 g/mol. The second kappa shape index (κ2) is 14.6. The van der Waals surface area contributed by atoms with Crippen LogP contribution in [-0.4, -0.2) is 0 Å². The lowest BCUT2D eigenvalue weighted by atomic mass is 9.68. The Balaban J connectivity index is 1.03. The molecular weight excluding hydrogens is 807 g/mol. The molecule has 0 N–H and O–H groups in total. The van der Waals surface area contributed by atoms with Gasteiger partial charge in [-0.1, -0.05) is 219 Å². The van der Waals surface area contributed by atoms with E-state index < -0.39 is 5.41 Å². The zero-order chi connectivity index (χ0) is 46.0. The van der Waals surface area contributed by atoms with Crippen LogP contribution in [0.4, 0.5) is 17.1 Å². The molecule has 1 nitrogen and oxygen atoms in total. The summed E-state index contributed by atoms with van der Waals surface area (Å²) in [7, 11) is 0. The Labute approximate surface area is 397 Å². The predicted octanol–water partition coefficient (Wildman–Crippen LogP) is 17.7. The third kappa shape index (κ3) is 6.13. The van der Waals surface area contributed by atoms with Gasteiger partial charge in [0.05, 0.1) is 11.1 Å². The van der Waals surface area contributed by atoms with Crippen LogP contribution in [0.1, 0.15) is 99.9 Å². The van der Waals surface area contributed by atoms with Crippen LogP contribution in [0.2, 0.25) is 0 Å². The maximum atomic E-state index is 2.54. The molecule has 0 unspecified atom stereocenters. The fraction of sp³-hybridized carbons (Fsp3) is 0.182. The van der Waals surface area contributed by atoms with E-state index in [1.54, 1.807) is 0 Å². The monoisotopic (exact) mass is 863 g/mol. The van der Waals surface area contributed by atoms with Gasteiger partial charge in [-0.25, -0.2) is 0 Å². The summed E-state index contributed by atoms with van der Waals surface area (Å²) in [4.78, 5) is 2.46. The molecule has 0 heterocycles. The second-order valence-electron chi connectivity index (χ2n) is 21.7. The molecular formula is C66H57N. The van der Waals surface area contributed by atoms with Crippen molar-refractivity contribution < 1.29 is 0 Å². The topological polar surface area (TPSA) is 3.24 Å². The molecule has 0 bridgehead atoms. The van der Waals surface area contributed by atoms with Gasteiger partial charge in [0.1, 0.15) is 0 Å². The van der Waals surface area contributed by atoms with Gasteiger partial charge < -0.3 is 4.90 Å². The molecule has 9 aromatic carbocycles. The summed E-state index contributed by atoms with van der Waals surface area (Å²) in [6, 6.07) is 76.1. The number of hydrogen-bond donors (Lipinski definition) is 0. The quantitative estimate of drug-likeness (QED) is 0.167. The smallest absolute Gasteiger partial charge is 0.0725 e. The zero-order valence-electron chi connectivity index (χ0n) is 40.0. The van der Waals surface area contributed by atoms with Gasteiger partial charge in [-0.2, -0.15) is 0 Å². The largest absolute Gasteiger partial charge is 0.310 e. The Morgan fingerprint density at radius 1 is 0.313 bits per heavy atom. The Kier molecular flexibility index (Phi) is 9.01. The van der Waals surface area contributed by atoms with Crippen LogP contribution in [0.25, 0.3) is 55.6 Å². The minimum absolute atomic E-state index is 0.00258. The number of para-hydroxylation sites is 1. The minimum Gasteiger partial charge on any atom is -0.310 e. The van der Waals surface area contributed by atoms with Crippen LogP contribution in [0.5, 0.6) is 0 Å². The van der Waals surface area contributed by atoms with E-state index in [1.807, 2.05) is 0 Å². The van der Waals surface area contributed by atoms with Gasteiger partial charge >= 0.3 is 0 Å². The summed E-state index contributed by atoms with van der Waals surface area (Å²) in [5, 5.41) is 0. The van der Waals surface area contributed by atoms with Crippen molar-refractivity contribution in [3.8, 4) is 55.6 Å². The number of anilines is 3. The van der Waals surface area contributed by atoms with Crippen molar-refractivity contribution in [1.29, 1.82) is 0 Å². The van der Waals surface area contributed by atoms with Crippen molar-refractivity contribution in [2.45, 2.75) is 77.0 Å². The third-order valence-electron chi connectivity index (χ3n) is 15.4. The number of benzene rings is 9. The highest BCUT2D eigenvalue weighted by Crippen LogP contribution is 2.64. The van der Waals surface area contributed by atoms with E-state index in [2.05, 4.69) is 260 Å². The average Bonchev–Trinajstić information content (AvgIpc) is 3.89. The number of hydrogen-bond acceptors (Lipinski definition) is 1. The van der Waals surface area contributed by atoms with Crippen molar-refractivity contribution in [1.82, 2.24) is 0 Å². The van der Waals surface area contributed by atoms with E-state index in [0.717, 1.165) is 17.1 Å². The van der Waals surface area contributed by atoms with E-state index in [9.17, 15) is 0 Å². The zero-order valence-corrected chi connectivity index (χ0v) is 40.0. The molecule has 0 atom stereocenters. The summed E-state index contributed by atoms with van der Waals surface area (Å²) in [5.41, 5.74) is 26.7. The Hall–Kier alpha value is -7.22. The first-order chi connectivity index (χ1) is 32.2. The van der Waals surface area contributed by atoms with Gasteiger partial charge in [-0.05, 0) is 142 Å². The molecule has 0 saturated heterocycles. The molecule has 12 rings (SSSR count). The van der Waals surface area contributed by atoms with Gasteiger partial charge in [0.15, 0.2) is 0 Å². The van der Waals surface area contributed by atoms with Crippen LogP contribution < -0.4 is 4.90 Å². The molecule has 3 aliphatic rings. The summed E-state index contributed by atoms with van der Waals surface area (Å²) < 4.78 is 0. The SMILES string of the molecule is CC(C)(C)c1ccc2c(c1)C1(c3ccccc3-c3ccc(-c4ccc(N(c5ccc6c(c5)C(C)(C)c5ccccc5-6)c5ccccc5-c5ccccc5)cc4)cc31)c1cc(C(C)(C)C)ccc1-2. The number of rotatable bonds is 5. The molecule has 0 aliphatic heterocycles. The van der Waals surface area contributed by atoms with Crippen molar-refractivity contribution in [3.63, 3.8) is 0 Å². The highest BCUT2D eigenvalue weighted by atomic mass is 15.1. The van der Waals surface area contributed by atoms with E-state index in [4.69, 9.17) is 0 Å². The normalized spacial score (nSPS) is 14.5. The first-order valence-electron chi connectivity index (χ1n) is 24.1. The van der Waals surface area contributed by atoms with E-state index in [1.165, 1.54) is 100 Å². The predicted molar refractivity (Wildman–Crippen MR) is 283 cm³/mol. The molecule has 326 valence electrons. The van der Waals surface area contributed by atoms with E-state index >= 15 is 0 Å². The fourth-order valence-electron chi connectivity index (χ4n) is 11.9. The molecule has 9 aromatic rings. The number of fused-ring (bicyclic) bond motifs is 13. The Morgan fingerprint density at radius 3 is 1.39 bits per heavy atom. The van der Waals surface area contributed by atoms with Crippen LogP contribution in [0.15, 0.2) is 200 Å². The highest BCUT2D eigenvalue weighted by molar-refractivity contribution is 5.97. The van der Waals surface area contributed by atoms with Crippen LogP contribution in [0.3, 0.4) is 0 Å². The molecule has 0 radical (unpaired) electrons. The summed E-state index contributed by atoms with van der Waals surface area (Å²) >= 11 is 0. The van der Waals surface area contributed by atoms with E-state index in [0.29, 0.717) is 0 Å². The van der Waals surface area contributed by atoms with Gasteiger partial charge in [0.25, 0.3) is 0 Å². The lowest BCUT2D eigenvalue weighted by Gasteiger charge is -2.33. The van der Waals surface area contributed by atoms with Crippen molar-refractivity contribution in [2.24, 2.45) is 0 Å². The summed E-state index contributed by atoms with van der Waals surface area (Å²) in [5.74, 6) is 0. The van der Waals surface area contributed by atoms with Crippen LogP contribution in [-0.2, 0) is 21.7 Å². The van der Waals surface area contributed by atoms with Crippen molar-refractivity contribution in [2.75, 3.05) is 4.90 Å². The summed E-state index contributed by atoms with van der Waals surface area (Å²) in [6.45, 7) is 18.8. The molecule has 3 aliphatic carbocycles. The van der Waals surface area contributed by atoms with Gasteiger partial charge in [-0.15, -0.1) is 0 Å². The standard InChI is InChI=1S/C66H57N/c1-63(2,3)45-29-35-54-55-36-30-46(64(4,5)6)40-61(55)66(60(54)39-45)57-24-16-13-22-51(57)53-34-28-44(38-59(53)66)42-26-31-47(32-27-42)67(62-25-17-14-20-49(62)43-18-10-9-11-19-43)48-33-37-52-50-21-12-15-23-56(50)65(7,8)58(52)41-48/h9-41H,1-8H3. The Morgan fingerprint density at radius 2 is 0.761 bits per heavy atom. The minimum atomic E-state index is -0.450. The maximum absolute atomic E-state index is 2.54. The first kappa shape index (κ1) is 41.2. The van der Waals surface area contributed by atoms with Gasteiger partial charge in [-0.3, -0.25) is 0 Å². The van der Waals surface area contributed by atoms with Crippen LogP contribution in [0, 0.1) is 0 Å². The van der Waals surface area contributed by atoms with Crippen molar-refractivity contribution >= 4 is 17.1 Å².